The van der Waals surface area contributed by atoms with Gasteiger partial charge in [0.05, 0.1) is 9.90 Å². The summed E-state index contributed by atoms with van der Waals surface area (Å²) in [4.78, 5) is 47.9. The number of nitrogens with two attached hydrogens (primary N) is 3. The summed E-state index contributed by atoms with van der Waals surface area (Å²) in [6.45, 7) is 0.523. The molecule has 2 aliphatic heterocycles. The normalized spacial score (nSPS) is 19.4. The molecule has 2 aliphatic rings. The van der Waals surface area contributed by atoms with Crippen LogP contribution in [0.2, 0.25) is 0 Å². The molecular weight excluding hydrogens is 561 g/mol. The van der Waals surface area contributed by atoms with Crippen LogP contribution >= 0.6 is 46.6 Å². The Morgan fingerprint density at radius 1 is 1.30 bits per heavy atom. The van der Waals surface area contributed by atoms with Crippen LogP contribution in [0.1, 0.15) is 11.4 Å². The molecule has 2 atom stereocenters. The highest BCUT2D eigenvalue weighted by molar-refractivity contribution is 8.07. The predicted octanol–water partition coefficient (Wildman–Crippen LogP) is 0.561. The Kier molecular flexibility index (Phi) is 8.48. The number of carboxylic acid groups (broad SMARTS) is 1. The van der Waals surface area contributed by atoms with Crippen LogP contribution in [0.5, 0.6) is 0 Å². The van der Waals surface area contributed by atoms with Gasteiger partial charge in [0, 0.05) is 28.7 Å². The largest absolute Gasteiger partial charge is 0.477 e. The lowest BCUT2D eigenvalue weighted by Crippen LogP contribution is -2.71. The number of thiazole rings is 1. The van der Waals surface area contributed by atoms with Crippen molar-refractivity contribution >= 4 is 81.1 Å². The number of nitrogens with one attached hydrogen (secondary N) is 1. The molecule has 0 bridgehead atoms. The van der Waals surface area contributed by atoms with Crippen LogP contribution in [-0.4, -0.2) is 78.1 Å². The number of amides is 2. The van der Waals surface area contributed by atoms with Gasteiger partial charge in [0.15, 0.2) is 10.8 Å². The Morgan fingerprint density at radius 2 is 2.08 bits per heavy atom. The first-order valence-electron chi connectivity index (χ1n) is 10.6. The maximum absolute atomic E-state index is 13.0. The van der Waals surface area contributed by atoms with Gasteiger partial charge in [-0.3, -0.25) is 14.5 Å². The molecule has 2 amide bonds. The monoisotopic (exact) mass is 582 g/mol. The SMILES string of the molecule is NCCSCc1nc(N)sc1SC1=C(C(=O)O)N2C(=O)[C@@H](NC(=O)/C(=N\O)c3cccc(N)n3)[C@H]2SC1. The number of thioether (sulfide) groups is 3. The van der Waals surface area contributed by atoms with Gasteiger partial charge in [-0.1, -0.05) is 34.3 Å². The predicted molar refractivity (Wildman–Crippen MR) is 144 cm³/mol. The molecule has 2 aromatic heterocycles. The number of fused-ring (bicyclic) bond motifs is 1. The molecule has 0 aromatic carbocycles. The van der Waals surface area contributed by atoms with Crippen molar-refractivity contribution in [1.82, 2.24) is 20.2 Å². The second-order valence-corrected chi connectivity index (χ2v) is 12.2. The quantitative estimate of drug-likeness (QED) is 0.0741. The fraction of sp³-hybridized carbons (Fsp3) is 0.300. The van der Waals surface area contributed by atoms with Gasteiger partial charge in [-0.05, 0) is 12.1 Å². The zero-order valence-electron chi connectivity index (χ0n) is 19.0. The van der Waals surface area contributed by atoms with Crippen molar-refractivity contribution in [3.8, 4) is 0 Å². The number of nitrogen functional groups attached to an aromatic ring is 2. The molecule has 0 saturated carbocycles. The summed E-state index contributed by atoms with van der Waals surface area (Å²) in [6, 6.07) is 3.45. The summed E-state index contributed by atoms with van der Waals surface area (Å²) in [7, 11) is 0. The first-order valence-corrected chi connectivity index (χ1v) is 14.5. The third-order valence-electron chi connectivity index (χ3n) is 5.15. The first-order chi connectivity index (χ1) is 17.7. The number of carbonyl (C=O) groups is 3. The standard InChI is InChI=1S/C20H22N8O5S4/c21-4-5-34-6-9-19(37-20(23)25-9)36-10-7-35-17-13(16(30)28(17)14(10)18(31)32)26-15(29)12(27-33)8-2-1-3-11(22)24-8/h1-3,13,17,33H,4-7,21H2,(H2,22,24)(H2,23,25)(H,26,29)(H,31,32)/b27-12-/t13-,17-/m1/s1. The number of carboxylic acids is 1. The minimum Gasteiger partial charge on any atom is -0.477 e. The second kappa shape index (κ2) is 11.6. The van der Waals surface area contributed by atoms with E-state index in [2.05, 4.69) is 20.4 Å². The van der Waals surface area contributed by atoms with Gasteiger partial charge in [0.25, 0.3) is 11.8 Å². The number of rotatable bonds is 10. The van der Waals surface area contributed by atoms with Crippen molar-refractivity contribution in [2.45, 2.75) is 21.4 Å². The molecule has 13 nitrogen and oxygen atoms in total. The van der Waals surface area contributed by atoms with Crippen LogP contribution in [0.15, 0.2) is 38.2 Å². The maximum atomic E-state index is 13.0. The highest BCUT2D eigenvalue weighted by Gasteiger charge is 2.54. The van der Waals surface area contributed by atoms with Gasteiger partial charge < -0.3 is 32.8 Å². The van der Waals surface area contributed by atoms with E-state index in [1.807, 2.05) is 0 Å². The van der Waals surface area contributed by atoms with E-state index in [1.54, 1.807) is 11.8 Å². The van der Waals surface area contributed by atoms with E-state index in [4.69, 9.17) is 17.2 Å². The van der Waals surface area contributed by atoms with E-state index in [9.17, 15) is 24.7 Å². The Hall–Kier alpha value is -2.99. The van der Waals surface area contributed by atoms with Gasteiger partial charge in [0.1, 0.15) is 28.6 Å². The molecule has 4 rings (SSSR count). The van der Waals surface area contributed by atoms with Gasteiger partial charge in [0.2, 0.25) is 0 Å². The van der Waals surface area contributed by atoms with Crippen molar-refractivity contribution < 1.29 is 24.7 Å². The third kappa shape index (κ3) is 5.64. The van der Waals surface area contributed by atoms with E-state index in [0.717, 1.165) is 20.6 Å². The second-order valence-electron chi connectivity index (χ2n) is 7.56. The fourth-order valence-electron chi connectivity index (χ4n) is 3.57. The minimum atomic E-state index is -1.26. The van der Waals surface area contributed by atoms with Crippen LogP contribution in [0, 0.1) is 0 Å². The smallest absolute Gasteiger partial charge is 0.353 e. The number of anilines is 2. The van der Waals surface area contributed by atoms with Crippen LogP contribution in [0.25, 0.3) is 0 Å². The number of oxime groups is 1. The van der Waals surface area contributed by atoms with Crippen LogP contribution in [-0.2, 0) is 20.1 Å². The van der Waals surface area contributed by atoms with Gasteiger partial charge in [-0.2, -0.15) is 11.8 Å². The molecule has 2 aromatic rings. The highest BCUT2D eigenvalue weighted by Crippen LogP contribution is 2.47. The molecule has 0 aliphatic carbocycles. The lowest BCUT2D eigenvalue weighted by molar-refractivity contribution is -0.150. The summed E-state index contributed by atoms with van der Waals surface area (Å²) in [5.41, 5.74) is 17.3. The van der Waals surface area contributed by atoms with Crippen molar-refractivity contribution in [1.29, 1.82) is 0 Å². The van der Waals surface area contributed by atoms with Gasteiger partial charge in [-0.25, -0.2) is 14.8 Å². The van der Waals surface area contributed by atoms with Crippen LogP contribution in [0.3, 0.4) is 0 Å². The molecule has 196 valence electrons. The number of carbonyl (C=O) groups excluding carboxylic acids is 2. The number of nitrogens with zero attached hydrogens (tertiary/aromatic N) is 4. The fourth-order valence-corrected chi connectivity index (χ4v) is 8.14. The number of hydrogen-bond donors (Lipinski definition) is 6. The number of β-lactam (4-membered cyclic amide) rings is 1. The summed E-state index contributed by atoms with van der Waals surface area (Å²) >= 11 is 5.38. The Labute approximate surface area is 227 Å². The molecule has 0 unspecified atom stereocenters. The highest BCUT2D eigenvalue weighted by atomic mass is 32.2. The third-order valence-corrected chi connectivity index (χ3v) is 9.84. The first kappa shape index (κ1) is 27.1. The zero-order chi connectivity index (χ0) is 26.7. The Bertz CT molecular complexity index is 1300. The summed E-state index contributed by atoms with van der Waals surface area (Å²) in [6.07, 6.45) is 0. The van der Waals surface area contributed by atoms with Gasteiger partial charge in [-0.15, -0.1) is 11.8 Å². The molecule has 9 N–H and O–H groups in total. The zero-order valence-corrected chi connectivity index (χ0v) is 22.3. The number of aromatic nitrogens is 2. The van der Waals surface area contributed by atoms with Crippen molar-refractivity contribution in [2.75, 3.05) is 29.5 Å². The van der Waals surface area contributed by atoms with Crippen molar-refractivity contribution in [3.63, 3.8) is 0 Å². The van der Waals surface area contributed by atoms with E-state index in [1.165, 1.54) is 53.1 Å². The summed E-state index contributed by atoms with van der Waals surface area (Å²) in [5, 5.41) is 24.6. The number of pyridine rings is 1. The molecular formula is C20H22N8O5S4. The van der Waals surface area contributed by atoms with Gasteiger partial charge >= 0.3 is 5.97 Å². The Morgan fingerprint density at radius 3 is 2.76 bits per heavy atom. The van der Waals surface area contributed by atoms with E-state index < -0.39 is 34.9 Å². The van der Waals surface area contributed by atoms with E-state index in [-0.39, 0.29) is 23.0 Å². The van der Waals surface area contributed by atoms with Crippen molar-refractivity contribution in [3.05, 3.63) is 40.2 Å². The number of aliphatic carboxylic acids is 1. The summed E-state index contributed by atoms with van der Waals surface area (Å²) in [5.74, 6) is -0.978. The van der Waals surface area contributed by atoms with Crippen LogP contribution in [0.4, 0.5) is 10.9 Å². The van der Waals surface area contributed by atoms with Crippen molar-refractivity contribution in [2.24, 2.45) is 10.9 Å². The minimum absolute atomic E-state index is 0.0222. The van der Waals surface area contributed by atoms with Crippen LogP contribution < -0.4 is 22.5 Å². The molecule has 0 spiro atoms. The molecule has 0 radical (unpaired) electrons. The van der Waals surface area contributed by atoms with E-state index in [0.29, 0.717) is 22.3 Å². The molecule has 1 fully saturated rings. The average Bonchev–Trinajstić information content (AvgIpc) is 3.21. The molecule has 37 heavy (non-hydrogen) atoms. The number of hydrogen-bond acceptors (Lipinski definition) is 14. The lowest BCUT2D eigenvalue weighted by Gasteiger charge is -2.49. The maximum Gasteiger partial charge on any atom is 0.353 e. The topological polar surface area (TPSA) is 223 Å². The Balaban J connectivity index is 1.52. The lowest BCUT2D eigenvalue weighted by atomic mass is 10.0. The molecule has 1 saturated heterocycles. The molecule has 17 heteroatoms. The molecule has 4 heterocycles. The average molecular weight is 583 g/mol. The summed E-state index contributed by atoms with van der Waals surface area (Å²) < 4.78 is 0.756. The van der Waals surface area contributed by atoms with E-state index >= 15 is 0 Å².